The second kappa shape index (κ2) is 4.33. The second-order valence-electron chi connectivity index (χ2n) is 4.56. The van der Waals surface area contributed by atoms with Crippen molar-refractivity contribution >= 4 is 5.69 Å². The van der Waals surface area contributed by atoms with E-state index in [1.165, 1.54) is 23.3 Å². The molecule has 1 aliphatic rings. The van der Waals surface area contributed by atoms with E-state index >= 15 is 0 Å². The molecule has 92 valence electrons. The molecule has 0 saturated carbocycles. The number of rotatable bonds is 1. The molecule has 3 heteroatoms. The van der Waals surface area contributed by atoms with Crippen molar-refractivity contribution in [2.45, 2.75) is 13.5 Å². The number of anilines is 1. The van der Waals surface area contributed by atoms with Gasteiger partial charge in [-0.15, -0.1) is 0 Å². The Balaban J connectivity index is 1.88. The highest BCUT2D eigenvalue weighted by atomic mass is 19.1. The Kier molecular flexibility index (Phi) is 2.67. The Bertz CT molecular complexity index is 565. The van der Waals surface area contributed by atoms with Crippen molar-refractivity contribution in [3.63, 3.8) is 0 Å². The molecule has 0 saturated heterocycles. The molecule has 18 heavy (non-hydrogen) atoms. The second-order valence-corrected chi connectivity index (χ2v) is 4.56. The molecular formula is C15H14FNO. The topological polar surface area (TPSA) is 12.5 Å². The van der Waals surface area contributed by atoms with Gasteiger partial charge in [0.2, 0.25) is 0 Å². The zero-order valence-corrected chi connectivity index (χ0v) is 10.2. The molecule has 0 spiro atoms. The predicted molar refractivity (Wildman–Crippen MR) is 69.3 cm³/mol. The molecule has 3 rings (SSSR count). The van der Waals surface area contributed by atoms with E-state index in [-0.39, 0.29) is 5.82 Å². The lowest BCUT2D eigenvalue weighted by Crippen LogP contribution is -2.31. The van der Waals surface area contributed by atoms with Gasteiger partial charge in [0.1, 0.15) is 11.6 Å². The Morgan fingerprint density at radius 2 is 1.89 bits per heavy atom. The largest absolute Gasteiger partial charge is 0.473 e. The highest BCUT2D eigenvalue weighted by molar-refractivity contribution is 5.50. The van der Waals surface area contributed by atoms with Crippen LogP contribution in [0, 0.1) is 12.7 Å². The van der Waals surface area contributed by atoms with Gasteiger partial charge in [0.15, 0.2) is 6.73 Å². The molecule has 0 aliphatic carbocycles. The molecule has 1 heterocycles. The first-order chi connectivity index (χ1) is 8.72. The molecule has 2 aromatic rings. The van der Waals surface area contributed by atoms with Crippen LogP contribution in [-0.4, -0.2) is 6.73 Å². The van der Waals surface area contributed by atoms with Gasteiger partial charge in [-0.3, -0.25) is 0 Å². The number of hydrogen-bond donors (Lipinski definition) is 0. The maximum atomic E-state index is 12.9. The average molecular weight is 243 g/mol. The highest BCUT2D eigenvalue weighted by Crippen LogP contribution is 2.28. The van der Waals surface area contributed by atoms with Crippen LogP contribution in [0.25, 0.3) is 0 Å². The molecule has 2 aromatic carbocycles. The minimum Gasteiger partial charge on any atom is -0.473 e. The summed E-state index contributed by atoms with van der Waals surface area (Å²) in [5.41, 5.74) is 3.37. The summed E-state index contributed by atoms with van der Waals surface area (Å²) >= 11 is 0. The van der Waals surface area contributed by atoms with E-state index in [2.05, 4.69) is 17.9 Å². The van der Waals surface area contributed by atoms with Gasteiger partial charge in [0.25, 0.3) is 0 Å². The third-order valence-electron chi connectivity index (χ3n) is 3.14. The van der Waals surface area contributed by atoms with Gasteiger partial charge in [-0.1, -0.05) is 17.7 Å². The Hall–Kier alpha value is -2.03. The van der Waals surface area contributed by atoms with Gasteiger partial charge in [-0.05, 0) is 37.3 Å². The van der Waals surface area contributed by atoms with Crippen LogP contribution in [0.5, 0.6) is 5.75 Å². The maximum absolute atomic E-state index is 12.9. The molecule has 0 bridgehead atoms. The van der Waals surface area contributed by atoms with Crippen LogP contribution < -0.4 is 9.64 Å². The molecule has 0 N–H and O–H groups in total. The van der Waals surface area contributed by atoms with Crippen molar-refractivity contribution in [2.24, 2.45) is 0 Å². The number of benzene rings is 2. The summed E-state index contributed by atoms with van der Waals surface area (Å²) in [5, 5.41) is 0. The third-order valence-corrected chi connectivity index (χ3v) is 3.14. The summed E-state index contributed by atoms with van der Waals surface area (Å²) in [6, 6.07) is 12.7. The third kappa shape index (κ3) is 2.04. The summed E-state index contributed by atoms with van der Waals surface area (Å²) in [4.78, 5) is 2.08. The van der Waals surface area contributed by atoms with Crippen molar-refractivity contribution in [1.29, 1.82) is 0 Å². The van der Waals surface area contributed by atoms with Crippen molar-refractivity contribution in [3.05, 3.63) is 59.4 Å². The number of hydrogen-bond acceptors (Lipinski definition) is 2. The molecule has 0 aromatic heterocycles. The predicted octanol–water partition coefficient (Wildman–Crippen LogP) is 3.49. The number of ether oxygens (including phenoxy) is 1. The zero-order chi connectivity index (χ0) is 12.5. The van der Waals surface area contributed by atoms with E-state index < -0.39 is 0 Å². The smallest absolute Gasteiger partial charge is 0.161 e. The van der Waals surface area contributed by atoms with Crippen LogP contribution in [0.2, 0.25) is 0 Å². The van der Waals surface area contributed by atoms with Crippen LogP contribution in [0.1, 0.15) is 11.1 Å². The minimum atomic E-state index is -0.215. The first-order valence-corrected chi connectivity index (χ1v) is 5.95. The molecule has 0 atom stereocenters. The molecule has 1 aliphatic heterocycles. The van der Waals surface area contributed by atoms with Gasteiger partial charge >= 0.3 is 0 Å². The number of fused-ring (bicyclic) bond motifs is 1. The summed E-state index contributed by atoms with van der Waals surface area (Å²) in [5.74, 6) is 0.729. The lowest BCUT2D eigenvalue weighted by molar-refractivity contribution is 0.289. The van der Waals surface area contributed by atoms with Crippen molar-refractivity contribution in [2.75, 3.05) is 11.6 Å². The maximum Gasteiger partial charge on any atom is 0.161 e. The van der Waals surface area contributed by atoms with E-state index in [1.807, 2.05) is 12.1 Å². The SMILES string of the molecule is Cc1ccc2c(c1)CN(c1ccc(F)cc1)CO2. The Morgan fingerprint density at radius 3 is 2.67 bits per heavy atom. The molecule has 0 amide bonds. The van der Waals surface area contributed by atoms with Gasteiger partial charge in [-0.2, -0.15) is 0 Å². The minimum absolute atomic E-state index is 0.215. The first kappa shape index (κ1) is 11.1. The number of aryl methyl sites for hydroxylation is 1. The van der Waals surface area contributed by atoms with E-state index in [1.54, 1.807) is 12.1 Å². The summed E-state index contributed by atoms with van der Waals surface area (Å²) < 4.78 is 18.6. The quantitative estimate of drug-likeness (QED) is 0.760. The zero-order valence-electron chi connectivity index (χ0n) is 10.2. The van der Waals surface area contributed by atoms with E-state index in [4.69, 9.17) is 4.74 Å². The van der Waals surface area contributed by atoms with Crippen LogP contribution in [0.4, 0.5) is 10.1 Å². The Morgan fingerprint density at radius 1 is 1.11 bits per heavy atom. The normalized spacial score (nSPS) is 14.0. The van der Waals surface area contributed by atoms with Gasteiger partial charge in [0.05, 0.1) is 0 Å². The van der Waals surface area contributed by atoms with Crippen LogP contribution in [0.15, 0.2) is 42.5 Å². The van der Waals surface area contributed by atoms with E-state index in [0.717, 1.165) is 18.0 Å². The molecule has 0 radical (unpaired) electrons. The average Bonchev–Trinajstić information content (AvgIpc) is 2.38. The van der Waals surface area contributed by atoms with Crippen molar-refractivity contribution < 1.29 is 9.13 Å². The number of nitrogens with zero attached hydrogens (tertiary/aromatic N) is 1. The highest BCUT2D eigenvalue weighted by Gasteiger charge is 2.17. The van der Waals surface area contributed by atoms with Gasteiger partial charge < -0.3 is 9.64 Å². The van der Waals surface area contributed by atoms with Crippen molar-refractivity contribution in [3.8, 4) is 5.75 Å². The Labute approximate surface area is 106 Å². The standard InChI is InChI=1S/C15H14FNO/c1-11-2-7-15-12(8-11)9-17(10-18-15)14-5-3-13(16)4-6-14/h2-8H,9-10H2,1H3. The fraction of sp³-hybridized carbons (Fsp3) is 0.200. The van der Waals surface area contributed by atoms with Crippen LogP contribution in [0.3, 0.4) is 0 Å². The lowest BCUT2D eigenvalue weighted by Gasteiger charge is -2.31. The van der Waals surface area contributed by atoms with E-state index in [0.29, 0.717) is 6.73 Å². The summed E-state index contributed by atoms with van der Waals surface area (Å²) in [6.45, 7) is 3.36. The van der Waals surface area contributed by atoms with E-state index in [9.17, 15) is 4.39 Å². The molecule has 2 nitrogen and oxygen atoms in total. The summed E-state index contributed by atoms with van der Waals surface area (Å²) in [7, 11) is 0. The van der Waals surface area contributed by atoms with Crippen LogP contribution in [-0.2, 0) is 6.54 Å². The molecular weight excluding hydrogens is 229 g/mol. The molecule has 0 unspecified atom stereocenters. The van der Waals surface area contributed by atoms with Crippen LogP contribution >= 0.6 is 0 Å². The fourth-order valence-corrected chi connectivity index (χ4v) is 2.19. The molecule has 0 fully saturated rings. The number of halogens is 1. The monoisotopic (exact) mass is 243 g/mol. The fourth-order valence-electron chi connectivity index (χ4n) is 2.19. The summed E-state index contributed by atoms with van der Waals surface area (Å²) in [6.07, 6.45) is 0. The first-order valence-electron chi connectivity index (χ1n) is 5.95. The van der Waals surface area contributed by atoms with Crippen molar-refractivity contribution in [1.82, 2.24) is 0 Å². The lowest BCUT2D eigenvalue weighted by atomic mass is 10.1. The van der Waals surface area contributed by atoms with Gasteiger partial charge in [0, 0.05) is 17.8 Å². The van der Waals surface area contributed by atoms with Gasteiger partial charge in [-0.25, -0.2) is 4.39 Å².